The van der Waals surface area contributed by atoms with E-state index >= 15 is 0 Å². The van der Waals surface area contributed by atoms with E-state index in [4.69, 9.17) is 10.5 Å². The molecule has 0 radical (unpaired) electrons. The van der Waals surface area contributed by atoms with Crippen LogP contribution in [0.25, 0.3) is 0 Å². The van der Waals surface area contributed by atoms with E-state index in [1.807, 2.05) is 0 Å². The summed E-state index contributed by atoms with van der Waals surface area (Å²) in [5.74, 6) is 0.255. The predicted octanol–water partition coefficient (Wildman–Crippen LogP) is -0.544. The highest BCUT2D eigenvalue weighted by atomic mass is 32.2. The highest BCUT2D eigenvalue weighted by Crippen LogP contribution is 2.13. The van der Waals surface area contributed by atoms with Crippen molar-refractivity contribution in [2.45, 2.75) is 12.5 Å². The lowest BCUT2D eigenvalue weighted by Gasteiger charge is -2.11. The number of hydrogen-bond donors (Lipinski definition) is 3. The van der Waals surface area contributed by atoms with Gasteiger partial charge in [-0.15, -0.1) is 0 Å². The minimum absolute atomic E-state index is 0.0351. The number of anilines is 1. The number of rotatable bonds is 6. The Hall–Kier alpha value is -1.80. The summed E-state index contributed by atoms with van der Waals surface area (Å²) >= 11 is 0. The number of nitrogens with one attached hydrogen (secondary N) is 2. The number of nitrogens with two attached hydrogens (primary N) is 1. The molecule has 1 aromatic carbocycles. The first kappa shape index (κ1) is 14.6. The number of sulfonamides is 1. The number of hydrogen-bond acceptors (Lipinski definition) is 5. The highest BCUT2D eigenvalue weighted by Gasteiger charge is 2.25. The molecule has 1 aliphatic rings. The molecule has 1 aliphatic heterocycles. The Labute approximate surface area is 117 Å². The van der Waals surface area contributed by atoms with Crippen LogP contribution in [0.2, 0.25) is 0 Å². The highest BCUT2D eigenvalue weighted by molar-refractivity contribution is 7.89. The summed E-state index contributed by atoms with van der Waals surface area (Å²) in [4.78, 5) is 11.0. The second-order valence-electron chi connectivity index (χ2n) is 4.56. The number of benzene rings is 1. The minimum Gasteiger partial charge on any atom is -0.492 e. The smallest absolute Gasteiger partial charge is 0.221 e. The van der Waals surface area contributed by atoms with E-state index in [2.05, 4.69) is 10.0 Å². The monoisotopic (exact) mass is 299 g/mol. The van der Waals surface area contributed by atoms with Crippen LogP contribution in [0.15, 0.2) is 24.3 Å². The summed E-state index contributed by atoms with van der Waals surface area (Å²) in [5, 5.41) is 2.57. The topological polar surface area (TPSA) is 111 Å². The first-order valence-corrected chi connectivity index (χ1v) is 7.85. The Bertz CT molecular complexity index is 571. The van der Waals surface area contributed by atoms with Crippen molar-refractivity contribution in [2.24, 2.45) is 0 Å². The van der Waals surface area contributed by atoms with Gasteiger partial charge < -0.3 is 15.8 Å². The van der Waals surface area contributed by atoms with Crippen LogP contribution in [0.3, 0.4) is 0 Å². The van der Waals surface area contributed by atoms with Gasteiger partial charge in [-0.3, -0.25) is 4.79 Å². The molecule has 1 heterocycles. The fraction of sp³-hybridized carbons (Fsp3) is 0.417. The molecule has 1 unspecified atom stereocenters. The average molecular weight is 299 g/mol. The Morgan fingerprint density at radius 3 is 2.65 bits per heavy atom. The lowest BCUT2D eigenvalue weighted by Crippen LogP contribution is -2.38. The standard InChI is InChI=1S/C12H17N3O4S/c13-9-1-3-11(4-2-9)19-5-6-20(17,18)15-10-7-12(16)14-8-10/h1-4,10,15H,5-8,13H2,(H,14,16). The normalized spacial score (nSPS) is 18.8. The lowest BCUT2D eigenvalue weighted by atomic mass is 10.3. The molecule has 8 heteroatoms. The van der Waals surface area contributed by atoms with Gasteiger partial charge in [0, 0.05) is 24.7 Å². The van der Waals surface area contributed by atoms with E-state index in [-0.39, 0.29) is 30.7 Å². The predicted molar refractivity (Wildman–Crippen MR) is 74.7 cm³/mol. The third-order valence-corrected chi connectivity index (χ3v) is 4.22. The molecule has 1 aromatic rings. The van der Waals surface area contributed by atoms with Crippen molar-refractivity contribution in [1.29, 1.82) is 0 Å². The summed E-state index contributed by atoms with van der Waals surface area (Å²) in [6.07, 6.45) is 0.179. The van der Waals surface area contributed by atoms with Crippen LogP contribution in [0.4, 0.5) is 5.69 Å². The number of ether oxygens (including phenoxy) is 1. The van der Waals surface area contributed by atoms with E-state index in [0.717, 1.165) is 0 Å². The molecule has 1 saturated heterocycles. The number of nitrogen functional groups attached to an aromatic ring is 1. The van der Waals surface area contributed by atoms with Gasteiger partial charge in [-0.05, 0) is 24.3 Å². The second kappa shape index (κ2) is 6.10. The van der Waals surface area contributed by atoms with Gasteiger partial charge in [-0.2, -0.15) is 0 Å². The third-order valence-electron chi connectivity index (χ3n) is 2.82. The molecule has 0 aromatic heterocycles. The van der Waals surface area contributed by atoms with Crippen LogP contribution in [-0.2, 0) is 14.8 Å². The van der Waals surface area contributed by atoms with Gasteiger partial charge in [0.25, 0.3) is 0 Å². The van der Waals surface area contributed by atoms with Crippen LogP contribution >= 0.6 is 0 Å². The van der Waals surface area contributed by atoms with E-state index < -0.39 is 10.0 Å². The maximum absolute atomic E-state index is 11.8. The molecule has 20 heavy (non-hydrogen) atoms. The summed E-state index contributed by atoms with van der Waals surface area (Å²) in [6.45, 7) is 0.365. The maximum Gasteiger partial charge on any atom is 0.221 e. The van der Waals surface area contributed by atoms with E-state index in [9.17, 15) is 13.2 Å². The first-order chi connectivity index (χ1) is 9.44. The molecule has 1 atom stereocenters. The summed E-state index contributed by atoms with van der Waals surface area (Å²) in [6, 6.07) is 6.34. The largest absolute Gasteiger partial charge is 0.492 e. The van der Waals surface area contributed by atoms with Crippen LogP contribution in [0.5, 0.6) is 5.75 Å². The van der Waals surface area contributed by atoms with Crippen molar-refractivity contribution in [3.63, 3.8) is 0 Å². The van der Waals surface area contributed by atoms with Crippen molar-refractivity contribution in [3.05, 3.63) is 24.3 Å². The van der Waals surface area contributed by atoms with Crippen molar-refractivity contribution in [3.8, 4) is 5.75 Å². The quantitative estimate of drug-likeness (QED) is 0.611. The Morgan fingerprint density at radius 2 is 2.05 bits per heavy atom. The van der Waals surface area contributed by atoms with Crippen molar-refractivity contribution >= 4 is 21.6 Å². The maximum atomic E-state index is 11.8. The zero-order chi connectivity index (χ0) is 14.6. The molecule has 0 spiro atoms. The van der Waals surface area contributed by atoms with Crippen molar-refractivity contribution in [1.82, 2.24) is 10.0 Å². The number of carbonyl (C=O) groups excluding carboxylic acids is 1. The molecule has 1 fully saturated rings. The summed E-state index contributed by atoms with van der Waals surface area (Å²) < 4.78 is 31.4. The molecule has 110 valence electrons. The van der Waals surface area contributed by atoms with Gasteiger partial charge in [0.1, 0.15) is 12.4 Å². The molecule has 4 N–H and O–H groups in total. The molecule has 0 aliphatic carbocycles. The SMILES string of the molecule is Nc1ccc(OCCS(=O)(=O)NC2CNC(=O)C2)cc1. The third kappa shape index (κ3) is 4.39. The van der Waals surface area contributed by atoms with Gasteiger partial charge >= 0.3 is 0 Å². The fourth-order valence-electron chi connectivity index (χ4n) is 1.83. The molecule has 1 amide bonds. The van der Waals surface area contributed by atoms with Crippen molar-refractivity contribution < 1.29 is 17.9 Å². The van der Waals surface area contributed by atoms with Crippen molar-refractivity contribution in [2.75, 3.05) is 24.6 Å². The molecule has 0 saturated carbocycles. The second-order valence-corrected chi connectivity index (χ2v) is 6.43. The van der Waals surface area contributed by atoms with Gasteiger partial charge in [0.2, 0.25) is 15.9 Å². The summed E-state index contributed by atoms with van der Waals surface area (Å²) in [5.41, 5.74) is 6.15. The molecule has 7 nitrogen and oxygen atoms in total. The minimum atomic E-state index is -3.46. The summed E-state index contributed by atoms with van der Waals surface area (Å²) in [7, 11) is -3.46. The number of carbonyl (C=O) groups is 1. The Morgan fingerprint density at radius 1 is 1.35 bits per heavy atom. The Balaban J connectivity index is 1.77. The fourth-order valence-corrected chi connectivity index (χ4v) is 2.93. The van der Waals surface area contributed by atoms with Crippen LogP contribution in [0.1, 0.15) is 6.42 Å². The van der Waals surface area contributed by atoms with Gasteiger partial charge in [-0.1, -0.05) is 0 Å². The Kier molecular flexibility index (Phi) is 4.46. The van der Waals surface area contributed by atoms with Gasteiger partial charge in [-0.25, -0.2) is 13.1 Å². The molecule has 0 bridgehead atoms. The zero-order valence-corrected chi connectivity index (χ0v) is 11.7. The van der Waals surface area contributed by atoms with Crippen LogP contribution in [-0.4, -0.2) is 39.3 Å². The van der Waals surface area contributed by atoms with E-state index in [0.29, 0.717) is 18.0 Å². The van der Waals surface area contributed by atoms with Gasteiger partial charge in [0.05, 0.1) is 5.75 Å². The molecular weight excluding hydrogens is 282 g/mol. The van der Waals surface area contributed by atoms with Crippen LogP contribution in [0, 0.1) is 0 Å². The average Bonchev–Trinajstić information content (AvgIpc) is 2.76. The van der Waals surface area contributed by atoms with Gasteiger partial charge in [0.15, 0.2) is 0 Å². The molecule has 2 rings (SSSR count). The number of amides is 1. The van der Waals surface area contributed by atoms with E-state index in [1.54, 1.807) is 24.3 Å². The first-order valence-electron chi connectivity index (χ1n) is 6.20. The zero-order valence-electron chi connectivity index (χ0n) is 10.8. The molecular formula is C12H17N3O4S. The lowest BCUT2D eigenvalue weighted by molar-refractivity contribution is -0.119. The van der Waals surface area contributed by atoms with Crippen LogP contribution < -0.4 is 20.5 Å². The van der Waals surface area contributed by atoms with E-state index in [1.165, 1.54) is 0 Å².